The van der Waals surface area contributed by atoms with Gasteiger partial charge in [-0.05, 0) is 36.1 Å². The molecule has 0 fully saturated rings. The van der Waals surface area contributed by atoms with E-state index in [1.54, 1.807) is 18.8 Å². The zero-order valence-electron chi connectivity index (χ0n) is 15.6. The Labute approximate surface area is 164 Å². The van der Waals surface area contributed by atoms with E-state index < -0.39 is 15.7 Å². The van der Waals surface area contributed by atoms with Crippen LogP contribution in [0.3, 0.4) is 0 Å². The Morgan fingerprint density at radius 2 is 1.85 bits per heavy atom. The van der Waals surface area contributed by atoms with E-state index in [1.165, 1.54) is 23.1 Å². The van der Waals surface area contributed by atoms with Crippen molar-refractivity contribution in [3.05, 3.63) is 59.9 Å². The van der Waals surface area contributed by atoms with Crippen molar-refractivity contribution in [1.82, 2.24) is 10.2 Å². The third kappa shape index (κ3) is 5.97. The van der Waals surface area contributed by atoms with E-state index >= 15 is 0 Å². The first-order chi connectivity index (χ1) is 12.9. The summed E-state index contributed by atoms with van der Waals surface area (Å²) in [5.41, 5.74) is 1.12. The highest BCUT2D eigenvalue weighted by Gasteiger charge is 2.18. The van der Waals surface area contributed by atoms with Gasteiger partial charge in [0.25, 0.3) is 0 Å². The Morgan fingerprint density at radius 1 is 1.19 bits per heavy atom. The highest BCUT2D eigenvalue weighted by molar-refractivity contribution is 7.98. The molecule has 0 spiro atoms. The molecule has 0 atom stereocenters. The summed E-state index contributed by atoms with van der Waals surface area (Å²) in [6.07, 6.45) is 2.03. The van der Waals surface area contributed by atoms with E-state index in [0.717, 1.165) is 11.6 Å². The molecule has 0 aliphatic heterocycles. The molecule has 0 amide bonds. The Kier molecular flexibility index (Phi) is 7.67. The van der Waals surface area contributed by atoms with E-state index in [1.807, 2.05) is 18.2 Å². The van der Waals surface area contributed by atoms with Crippen molar-refractivity contribution in [2.24, 2.45) is 4.99 Å². The van der Waals surface area contributed by atoms with Gasteiger partial charge in [0.2, 0.25) is 0 Å². The largest absolute Gasteiger partial charge is 0.355 e. The predicted octanol–water partition coefficient (Wildman–Crippen LogP) is 3.03. The number of nitrogens with one attached hydrogen (secondary N) is 1. The molecule has 0 saturated carbocycles. The maximum atomic E-state index is 13.7. The van der Waals surface area contributed by atoms with Gasteiger partial charge in [0.15, 0.2) is 15.8 Å². The van der Waals surface area contributed by atoms with E-state index in [-0.39, 0.29) is 17.2 Å². The van der Waals surface area contributed by atoms with Crippen molar-refractivity contribution in [3.63, 3.8) is 0 Å². The number of sulfone groups is 1. The van der Waals surface area contributed by atoms with Crippen LogP contribution in [0.5, 0.6) is 0 Å². The quantitative estimate of drug-likeness (QED) is 0.433. The summed E-state index contributed by atoms with van der Waals surface area (Å²) in [6.45, 7) is 0.771. The van der Waals surface area contributed by atoms with Crippen LogP contribution in [-0.2, 0) is 16.4 Å². The lowest BCUT2D eigenvalue weighted by Crippen LogP contribution is -2.40. The summed E-state index contributed by atoms with van der Waals surface area (Å²) in [6, 6.07) is 13.6. The van der Waals surface area contributed by atoms with Gasteiger partial charge in [-0.25, -0.2) is 12.8 Å². The molecule has 2 aromatic carbocycles. The molecule has 1 N–H and O–H groups in total. The Bertz CT molecular complexity index is 884. The Balaban J connectivity index is 1.93. The monoisotopic (exact) mass is 409 g/mol. The molecule has 0 heterocycles. The summed E-state index contributed by atoms with van der Waals surface area (Å²) < 4.78 is 38.3. The van der Waals surface area contributed by atoms with Crippen molar-refractivity contribution >= 4 is 27.6 Å². The van der Waals surface area contributed by atoms with Gasteiger partial charge in [0.1, 0.15) is 10.7 Å². The topological polar surface area (TPSA) is 61.8 Å². The highest BCUT2D eigenvalue weighted by atomic mass is 32.2. The number of halogens is 1. The lowest BCUT2D eigenvalue weighted by atomic mass is 10.2. The number of aliphatic imine (C=N–C) groups is 1. The second-order valence-corrected chi connectivity index (χ2v) is 8.88. The molecule has 2 rings (SSSR count). The summed E-state index contributed by atoms with van der Waals surface area (Å²) in [4.78, 5) is 7.02. The van der Waals surface area contributed by atoms with E-state index in [4.69, 9.17) is 0 Å². The van der Waals surface area contributed by atoms with Gasteiger partial charge >= 0.3 is 0 Å². The van der Waals surface area contributed by atoms with Crippen LogP contribution in [0.4, 0.5) is 4.39 Å². The zero-order chi connectivity index (χ0) is 19.9. The van der Waals surface area contributed by atoms with E-state index in [0.29, 0.717) is 12.5 Å². The molecule has 8 heteroatoms. The maximum absolute atomic E-state index is 13.7. The van der Waals surface area contributed by atoms with Crippen LogP contribution in [0, 0.1) is 5.82 Å². The molecule has 2 aromatic rings. The minimum absolute atomic E-state index is 0.138. The van der Waals surface area contributed by atoms with Crippen LogP contribution in [-0.4, -0.2) is 51.9 Å². The lowest BCUT2D eigenvalue weighted by molar-refractivity contribution is 0.478. The number of rotatable bonds is 7. The average molecular weight is 410 g/mol. The third-order valence-corrected chi connectivity index (χ3v) is 6.46. The first kappa shape index (κ1) is 21.2. The molecule has 0 unspecified atom stereocenters. The number of benzene rings is 2. The van der Waals surface area contributed by atoms with Crippen LogP contribution >= 0.6 is 11.8 Å². The summed E-state index contributed by atoms with van der Waals surface area (Å²) >= 11 is 1.69. The summed E-state index contributed by atoms with van der Waals surface area (Å²) in [7, 11) is -0.182. The maximum Gasteiger partial charge on any atom is 0.193 e. The molecule has 146 valence electrons. The summed E-state index contributed by atoms with van der Waals surface area (Å²) in [5, 5.41) is 3.03. The second kappa shape index (κ2) is 9.75. The number of hydrogen-bond acceptors (Lipinski definition) is 4. The van der Waals surface area contributed by atoms with Crippen molar-refractivity contribution < 1.29 is 12.8 Å². The van der Waals surface area contributed by atoms with Gasteiger partial charge in [-0.1, -0.05) is 24.3 Å². The first-order valence-corrected chi connectivity index (χ1v) is 11.3. The van der Waals surface area contributed by atoms with Gasteiger partial charge in [0, 0.05) is 32.1 Å². The number of hydrogen-bond donors (Lipinski definition) is 1. The Morgan fingerprint density at radius 3 is 2.44 bits per heavy atom. The molecule has 0 saturated heterocycles. The predicted molar refractivity (Wildman–Crippen MR) is 110 cm³/mol. The van der Waals surface area contributed by atoms with Crippen LogP contribution in [0.15, 0.2) is 63.3 Å². The molecule has 0 aliphatic rings. The van der Waals surface area contributed by atoms with Crippen LogP contribution in [0.1, 0.15) is 5.56 Å². The zero-order valence-corrected chi connectivity index (χ0v) is 17.3. The molecule has 27 heavy (non-hydrogen) atoms. The first-order valence-electron chi connectivity index (χ1n) is 8.39. The number of guanidine groups is 1. The summed E-state index contributed by atoms with van der Waals surface area (Å²) in [5.74, 6) is -0.371. The van der Waals surface area contributed by atoms with E-state index in [9.17, 15) is 12.8 Å². The minimum Gasteiger partial charge on any atom is -0.355 e. The van der Waals surface area contributed by atoms with Gasteiger partial charge in [0.05, 0.1) is 5.75 Å². The SMILES string of the molecule is CN=C(NCCS(=O)(=O)c1ccccc1F)N(C)Cc1ccc(SC)cc1. The fourth-order valence-electron chi connectivity index (χ4n) is 2.57. The second-order valence-electron chi connectivity index (χ2n) is 5.93. The van der Waals surface area contributed by atoms with Gasteiger partial charge < -0.3 is 10.2 Å². The van der Waals surface area contributed by atoms with Crippen molar-refractivity contribution in [2.75, 3.05) is 32.6 Å². The molecule has 0 radical (unpaired) electrons. The molecule has 0 aliphatic carbocycles. The highest BCUT2D eigenvalue weighted by Crippen LogP contribution is 2.16. The van der Waals surface area contributed by atoms with Crippen LogP contribution < -0.4 is 5.32 Å². The number of nitrogens with zero attached hydrogens (tertiary/aromatic N) is 2. The molecule has 0 aromatic heterocycles. The minimum atomic E-state index is -3.70. The molecular weight excluding hydrogens is 385 g/mol. The van der Waals surface area contributed by atoms with E-state index in [2.05, 4.69) is 34.6 Å². The van der Waals surface area contributed by atoms with Crippen molar-refractivity contribution in [1.29, 1.82) is 0 Å². The lowest BCUT2D eigenvalue weighted by Gasteiger charge is -2.22. The molecule has 5 nitrogen and oxygen atoms in total. The van der Waals surface area contributed by atoms with Crippen molar-refractivity contribution in [3.8, 4) is 0 Å². The normalized spacial score (nSPS) is 12.1. The fourth-order valence-corrected chi connectivity index (χ4v) is 4.22. The average Bonchev–Trinajstić information content (AvgIpc) is 2.66. The standard InChI is InChI=1S/C19H24FN3O2S2/c1-21-19(23(2)14-15-8-10-16(26-3)11-9-15)22-12-13-27(24,25)18-7-5-4-6-17(18)20/h4-11H,12-14H2,1-3H3,(H,21,22). The molecule has 0 bridgehead atoms. The van der Waals surface area contributed by atoms with Gasteiger partial charge in [-0.2, -0.15) is 0 Å². The smallest absolute Gasteiger partial charge is 0.193 e. The van der Waals surface area contributed by atoms with Crippen molar-refractivity contribution in [2.45, 2.75) is 16.3 Å². The Hall–Kier alpha value is -2.06. The fraction of sp³-hybridized carbons (Fsp3) is 0.316. The van der Waals surface area contributed by atoms with Gasteiger partial charge in [-0.3, -0.25) is 4.99 Å². The van der Waals surface area contributed by atoms with Gasteiger partial charge in [-0.15, -0.1) is 11.8 Å². The third-order valence-electron chi connectivity index (χ3n) is 3.98. The van der Waals surface area contributed by atoms with Crippen LogP contribution in [0.2, 0.25) is 0 Å². The van der Waals surface area contributed by atoms with Crippen LogP contribution in [0.25, 0.3) is 0 Å². The molecular formula is C19H24FN3O2S2. The number of thioether (sulfide) groups is 1.